The van der Waals surface area contributed by atoms with Crippen LogP contribution in [0.4, 0.5) is 4.79 Å². The number of aliphatic carboxylic acids is 1. The predicted molar refractivity (Wildman–Crippen MR) is 54.6 cm³/mol. The van der Waals surface area contributed by atoms with Crippen molar-refractivity contribution in [2.75, 3.05) is 6.54 Å². The van der Waals surface area contributed by atoms with Crippen LogP contribution >= 0.6 is 0 Å². The minimum atomic E-state index is -0.943. The number of pyridine rings is 1. The summed E-state index contributed by atoms with van der Waals surface area (Å²) in [7, 11) is 0. The molecule has 1 aromatic heterocycles. The number of carbonyl (C=O) groups is 2. The molecule has 16 heavy (non-hydrogen) atoms. The summed E-state index contributed by atoms with van der Waals surface area (Å²) in [6.45, 7) is 0.126. The largest absolute Gasteiger partial charge is 0.481 e. The third-order valence-electron chi connectivity index (χ3n) is 2.53. The first-order valence-electron chi connectivity index (χ1n) is 4.85. The number of carboxylic acids is 1. The summed E-state index contributed by atoms with van der Waals surface area (Å²) >= 11 is 0. The van der Waals surface area contributed by atoms with Crippen LogP contribution in [0.1, 0.15) is 11.6 Å². The van der Waals surface area contributed by atoms with Gasteiger partial charge in [0.25, 0.3) is 0 Å². The molecule has 2 amide bonds. The van der Waals surface area contributed by atoms with E-state index in [0.717, 1.165) is 0 Å². The van der Waals surface area contributed by atoms with Crippen molar-refractivity contribution >= 4 is 12.0 Å². The van der Waals surface area contributed by atoms with Gasteiger partial charge < -0.3 is 15.7 Å². The van der Waals surface area contributed by atoms with Crippen molar-refractivity contribution in [1.82, 2.24) is 15.6 Å². The molecule has 2 heterocycles. The summed E-state index contributed by atoms with van der Waals surface area (Å²) in [5, 5.41) is 14.1. The minimum absolute atomic E-state index is 0.126. The van der Waals surface area contributed by atoms with Crippen molar-refractivity contribution < 1.29 is 14.7 Å². The lowest BCUT2D eigenvalue weighted by Crippen LogP contribution is -2.52. The SMILES string of the molecule is O=C1NCC(C(=O)O)C(c2cccnc2)N1. The topological polar surface area (TPSA) is 91.3 Å². The van der Waals surface area contributed by atoms with E-state index < -0.39 is 17.9 Å². The zero-order chi connectivity index (χ0) is 11.5. The van der Waals surface area contributed by atoms with E-state index in [0.29, 0.717) is 5.56 Å². The fourth-order valence-electron chi connectivity index (χ4n) is 1.72. The summed E-state index contributed by atoms with van der Waals surface area (Å²) in [5.74, 6) is -1.62. The van der Waals surface area contributed by atoms with Gasteiger partial charge in [0.05, 0.1) is 12.0 Å². The van der Waals surface area contributed by atoms with E-state index in [-0.39, 0.29) is 12.6 Å². The van der Waals surface area contributed by atoms with Gasteiger partial charge in [-0.25, -0.2) is 4.79 Å². The van der Waals surface area contributed by atoms with Crippen molar-refractivity contribution in [1.29, 1.82) is 0 Å². The Bertz CT molecular complexity index is 407. The molecule has 0 radical (unpaired) electrons. The fraction of sp³-hybridized carbons (Fsp3) is 0.300. The Morgan fingerprint density at radius 3 is 3.00 bits per heavy atom. The van der Waals surface area contributed by atoms with Gasteiger partial charge in [-0.15, -0.1) is 0 Å². The molecule has 2 atom stereocenters. The van der Waals surface area contributed by atoms with Gasteiger partial charge in [0.15, 0.2) is 0 Å². The Labute approximate surface area is 91.7 Å². The van der Waals surface area contributed by atoms with Crippen molar-refractivity contribution in [3.05, 3.63) is 30.1 Å². The smallest absolute Gasteiger partial charge is 0.315 e. The van der Waals surface area contributed by atoms with Crippen LogP contribution in [-0.2, 0) is 4.79 Å². The number of nitrogens with zero attached hydrogens (tertiary/aromatic N) is 1. The molecule has 1 aliphatic rings. The van der Waals surface area contributed by atoms with E-state index in [1.807, 2.05) is 0 Å². The van der Waals surface area contributed by atoms with E-state index in [4.69, 9.17) is 5.11 Å². The molecule has 1 fully saturated rings. The second kappa shape index (κ2) is 4.18. The Morgan fingerprint density at radius 1 is 1.56 bits per heavy atom. The van der Waals surface area contributed by atoms with Crippen LogP contribution in [0.3, 0.4) is 0 Å². The average molecular weight is 221 g/mol. The number of rotatable bonds is 2. The summed E-state index contributed by atoms with van der Waals surface area (Å²) < 4.78 is 0. The maximum atomic E-state index is 11.2. The molecule has 1 aliphatic heterocycles. The van der Waals surface area contributed by atoms with Crippen LogP contribution in [0.25, 0.3) is 0 Å². The highest BCUT2D eigenvalue weighted by Gasteiger charge is 2.34. The average Bonchev–Trinajstić information content (AvgIpc) is 2.29. The molecule has 1 saturated heterocycles. The first-order chi connectivity index (χ1) is 7.68. The molecular formula is C10H11N3O3. The van der Waals surface area contributed by atoms with Crippen molar-refractivity contribution in [3.63, 3.8) is 0 Å². The maximum absolute atomic E-state index is 11.2. The van der Waals surface area contributed by atoms with Crippen LogP contribution in [0.15, 0.2) is 24.5 Å². The summed E-state index contributed by atoms with van der Waals surface area (Å²) in [6, 6.07) is 2.58. The molecule has 0 aliphatic carbocycles. The van der Waals surface area contributed by atoms with Crippen LogP contribution in [0.5, 0.6) is 0 Å². The van der Waals surface area contributed by atoms with Crippen LogP contribution < -0.4 is 10.6 Å². The van der Waals surface area contributed by atoms with Gasteiger partial charge in [-0.2, -0.15) is 0 Å². The molecule has 6 nitrogen and oxygen atoms in total. The summed E-state index contributed by atoms with van der Waals surface area (Å²) in [6.07, 6.45) is 3.16. The van der Waals surface area contributed by atoms with Gasteiger partial charge in [-0.1, -0.05) is 6.07 Å². The second-order valence-corrected chi connectivity index (χ2v) is 3.56. The maximum Gasteiger partial charge on any atom is 0.315 e. The van der Waals surface area contributed by atoms with Crippen molar-refractivity contribution in [3.8, 4) is 0 Å². The molecular weight excluding hydrogens is 210 g/mol. The molecule has 0 aromatic carbocycles. The monoisotopic (exact) mass is 221 g/mol. The zero-order valence-corrected chi connectivity index (χ0v) is 8.38. The normalized spacial score (nSPS) is 24.4. The molecule has 3 N–H and O–H groups in total. The predicted octanol–water partition coefficient (Wildman–Crippen LogP) is 0.136. The van der Waals surface area contributed by atoms with Gasteiger partial charge in [-0.3, -0.25) is 9.78 Å². The quantitative estimate of drug-likeness (QED) is 0.662. The van der Waals surface area contributed by atoms with E-state index in [2.05, 4.69) is 15.6 Å². The number of carboxylic acid groups (broad SMARTS) is 1. The third kappa shape index (κ3) is 1.95. The molecule has 6 heteroatoms. The summed E-state index contributed by atoms with van der Waals surface area (Å²) in [4.78, 5) is 26.1. The zero-order valence-electron chi connectivity index (χ0n) is 8.38. The minimum Gasteiger partial charge on any atom is -0.481 e. The lowest BCUT2D eigenvalue weighted by Gasteiger charge is -2.30. The molecule has 2 rings (SSSR count). The first kappa shape index (κ1) is 10.4. The Kier molecular flexibility index (Phi) is 2.72. The number of amides is 2. The lowest BCUT2D eigenvalue weighted by molar-refractivity contribution is -0.142. The van der Waals surface area contributed by atoms with E-state index in [1.165, 1.54) is 0 Å². The second-order valence-electron chi connectivity index (χ2n) is 3.56. The Morgan fingerprint density at radius 2 is 2.38 bits per heavy atom. The molecule has 2 unspecified atom stereocenters. The molecule has 84 valence electrons. The van der Waals surface area contributed by atoms with Crippen LogP contribution in [0.2, 0.25) is 0 Å². The molecule has 0 spiro atoms. The van der Waals surface area contributed by atoms with Gasteiger partial charge in [0.1, 0.15) is 0 Å². The summed E-state index contributed by atoms with van der Waals surface area (Å²) in [5.41, 5.74) is 0.699. The van der Waals surface area contributed by atoms with Gasteiger partial charge >= 0.3 is 12.0 Å². The van der Waals surface area contributed by atoms with Crippen LogP contribution in [-0.4, -0.2) is 28.6 Å². The highest BCUT2D eigenvalue weighted by Crippen LogP contribution is 2.23. The van der Waals surface area contributed by atoms with E-state index >= 15 is 0 Å². The van der Waals surface area contributed by atoms with Crippen molar-refractivity contribution in [2.24, 2.45) is 5.92 Å². The third-order valence-corrected chi connectivity index (χ3v) is 2.53. The standard InChI is InChI=1S/C10H11N3O3/c14-9(15)7-5-12-10(16)13-8(7)6-2-1-3-11-4-6/h1-4,7-8H,5H2,(H,14,15)(H2,12,13,16). The highest BCUT2D eigenvalue weighted by atomic mass is 16.4. The number of hydrogen-bond donors (Lipinski definition) is 3. The Balaban J connectivity index is 2.27. The van der Waals surface area contributed by atoms with Gasteiger partial charge in [-0.05, 0) is 11.6 Å². The highest BCUT2D eigenvalue weighted by molar-refractivity contribution is 5.80. The molecule has 0 bridgehead atoms. The lowest BCUT2D eigenvalue weighted by atomic mass is 9.92. The number of hydrogen-bond acceptors (Lipinski definition) is 3. The molecule has 0 saturated carbocycles. The van der Waals surface area contributed by atoms with E-state index in [1.54, 1.807) is 24.5 Å². The molecule has 1 aromatic rings. The number of carbonyl (C=O) groups excluding carboxylic acids is 1. The fourth-order valence-corrected chi connectivity index (χ4v) is 1.72. The number of nitrogens with one attached hydrogen (secondary N) is 2. The van der Waals surface area contributed by atoms with Crippen LogP contribution in [0, 0.1) is 5.92 Å². The number of urea groups is 1. The first-order valence-corrected chi connectivity index (χ1v) is 4.85. The van der Waals surface area contributed by atoms with Gasteiger partial charge in [0.2, 0.25) is 0 Å². The van der Waals surface area contributed by atoms with Gasteiger partial charge in [0, 0.05) is 18.9 Å². The van der Waals surface area contributed by atoms with Crippen molar-refractivity contribution in [2.45, 2.75) is 6.04 Å². The number of aromatic nitrogens is 1. The Hall–Kier alpha value is -2.11. The van der Waals surface area contributed by atoms with E-state index in [9.17, 15) is 9.59 Å².